The molecule has 0 atom stereocenters. The molecule has 0 saturated carbocycles. The van der Waals surface area contributed by atoms with Crippen molar-refractivity contribution in [2.45, 2.75) is 13.1 Å². The lowest BCUT2D eigenvalue weighted by Crippen LogP contribution is -2.38. The van der Waals surface area contributed by atoms with Gasteiger partial charge in [-0.15, -0.1) is 0 Å². The number of rotatable bonds is 1. The smallest absolute Gasteiger partial charge is 0.361 e. The van der Waals surface area contributed by atoms with Gasteiger partial charge in [0.15, 0.2) is 0 Å². The van der Waals surface area contributed by atoms with Crippen LogP contribution in [0.5, 0.6) is 0 Å². The SMILES string of the molecule is CCN1CC(=O)Nc2cc(C(F)(F)F)ccc21. The van der Waals surface area contributed by atoms with Gasteiger partial charge >= 0.3 is 6.18 Å². The maximum absolute atomic E-state index is 12.5. The highest BCUT2D eigenvalue weighted by Crippen LogP contribution is 2.36. The summed E-state index contributed by atoms with van der Waals surface area (Å²) in [4.78, 5) is 13.1. The molecule has 17 heavy (non-hydrogen) atoms. The molecule has 1 heterocycles. The average molecular weight is 244 g/mol. The number of halogens is 3. The molecular weight excluding hydrogens is 233 g/mol. The second-order valence-corrected chi connectivity index (χ2v) is 3.79. The summed E-state index contributed by atoms with van der Waals surface area (Å²) in [5.74, 6) is -0.293. The van der Waals surface area contributed by atoms with Gasteiger partial charge in [0, 0.05) is 6.54 Å². The lowest BCUT2D eigenvalue weighted by Gasteiger charge is -2.30. The Bertz CT molecular complexity index is 457. The molecule has 0 unspecified atom stereocenters. The molecule has 0 bridgehead atoms. The predicted octanol–water partition coefficient (Wildman–Crippen LogP) is 2.48. The monoisotopic (exact) mass is 244 g/mol. The topological polar surface area (TPSA) is 32.3 Å². The number of hydrogen-bond donors (Lipinski definition) is 1. The van der Waals surface area contributed by atoms with Crippen LogP contribution in [0.1, 0.15) is 12.5 Å². The molecule has 0 aromatic heterocycles. The minimum absolute atomic E-state index is 0.175. The van der Waals surface area contributed by atoms with Crippen molar-refractivity contribution in [2.75, 3.05) is 23.3 Å². The van der Waals surface area contributed by atoms with E-state index in [1.54, 1.807) is 4.90 Å². The Hall–Kier alpha value is -1.72. The molecule has 0 fully saturated rings. The zero-order chi connectivity index (χ0) is 12.6. The first-order valence-electron chi connectivity index (χ1n) is 5.18. The highest BCUT2D eigenvalue weighted by molar-refractivity contribution is 6.01. The third-order valence-corrected chi connectivity index (χ3v) is 2.65. The molecule has 3 nitrogen and oxygen atoms in total. The van der Waals surface area contributed by atoms with Gasteiger partial charge < -0.3 is 10.2 Å². The quantitative estimate of drug-likeness (QED) is 0.823. The Kier molecular flexibility index (Phi) is 2.73. The minimum Gasteiger partial charge on any atom is -0.361 e. The summed E-state index contributed by atoms with van der Waals surface area (Å²) in [5, 5.41) is 2.46. The first kappa shape index (κ1) is 11.8. The van der Waals surface area contributed by atoms with Crippen LogP contribution in [0.15, 0.2) is 18.2 Å². The number of carbonyl (C=O) groups is 1. The summed E-state index contributed by atoms with van der Waals surface area (Å²) in [5.41, 5.74) is 0.0903. The molecule has 1 aromatic carbocycles. The third kappa shape index (κ3) is 2.20. The molecule has 0 saturated heterocycles. The number of hydrogen-bond acceptors (Lipinski definition) is 2. The van der Waals surface area contributed by atoms with Crippen LogP contribution < -0.4 is 10.2 Å². The van der Waals surface area contributed by atoms with E-state index in [0.29, 0.717) is 12.2 Å². The molecule has 0 spiro atoms. The van der Waals surface area contributed by atoms with Crippen molar-refractivity contribution in [3.05, 3.63) is 23.8 Å². The van der Waals surface area contributed by atoms with E-state index in [1.165, 1.54) is 6.07 Å². The fraction of sp³-hybridized carbons (Fsp3) is 0.364. The van der Waals surface area contributed by atoms with Crippen LogP contribution in [0, 0.1) is 0 Å². The zero-order valence-electron chi connectivity index (χ0n) is 9.14. The van der Waals surface area contributed by atoms with Crippen LogP contribution in [-0.2, 0) is 11.0 Å². The molecule has 2 rings (SSSR count). The number of anilines is 2. The average Bonchev–Trinajstić information content (AvgIpc) is 2.25. The van der Waals surface area contributed by atoms with Crippen molar-refractivity contribution in [3.63, 3.8) is 0 Å². The summed E-state index contributed by atoms with van der Waals surface area (Å²) in [7, 11) is 0. The maximum Gasteiger partial charge on any atom is 0.416 e. The van der Waals surface area contributed by atoms with E-state index in [4.69, 9.17) is 0 Å². The van der Waals surface area contributed by atoms with Gasteiger partial charge in [-0.1, -0.05) is 0 Å². The Balaban J connectivity index is 2.45. The molecule has 0 aliphatic carbocycles. The van der Waals surface area contributed by atoms with Crippen LogP contribution in [-0.4, -0.2) is 19.0 Å². The summed E-state index contributed by atoms with van der Waals surface area (Å²) < 4.78 is 37.5. The van der Waals surface area contributed by atoms with E-state index in [9.17, 15) is 18.0 Å². The molecule has 1 N–H and O–H groups in total. The summed E-state index contributed by atoms with van der Waals surface area (Å²) >= 11 is 0. The van der Waals surface area contributed by atoms with Crippen molar-refractivity contribution >= 4 is 17.3 Å². The number of fused-ring (bicyclic) bond motifs is 1. The molecule has 6 heteroatoms. The Morgan fingerprint density at radius 1 is 1.41 bits per heavy atom. The number of carbonyl (C=O) groups excluding carboxylic acids is 1. The van der Waals surface area contributed by atoms with Crippen LogP contribution in [0.4, 0.5) is 24.5 Å². The lowest BCUT2D eigenvalue weighted by atomic mass is 10.1. The number of amides is 1. The Labute approximate surface area is 96.2 Å². The van der Waals surface area contributed by atoms with Crippen LogP contribution in [0.3, 0.4) is 0 Å². The van der Waals surface area contributed by atoms with Crippen LogP contribution in [0.2, 0.25) is 0 Å². The van der Waals surface area contributed by atoms with E-state index < -0.39 is 11.7 Å². The first-order valence-corrected chi connectivity index (χ1v) is 5.18. The van der Waals surface area contributed by atoms with Crippen molar-refractivity contribution in [2.24, 2.45) is 0 Å². The van der Waals surface area contributed by atoms with Gasteiger partial charge in [0.05, 0.1) is 23.5 Å². The normalized spacial score (nSPS) is 15.5. The van der Waals surface area contributed by atoms with Crippen molar-refractivity contribution in [3.8, 4) is 0 Å². The second-order valence-electron chi connectivity index (χ2n) is 3.79. The number of likely N-dealkylation sites (N-methyl/N-ethyl adjacent to an activating group) is 1. The molecule has 1 aliphatic rings. The van der Waals surface area contributed by atoms with Crippen molar-refractivity contribution in [1.82, 2.24) is 0 Å². The van der Waals surface area contributed by atoms with E-state index in [2.05, 4.69) is 5.32 Å². The van der Waals surface area contributed by atoms with Crippen LogP contribution >= 0.6 is 0 Å². The van der Waals surface area contributed by atoms with Crippen molar-refractivity contribution < 1.29 is 18.0 Å². The van der Waals surface area contributed by atoms with E-state index in [0.717, 1.165) is 12.1 Å². The Morgan fingerprint density at radius 3 is 2.71 bits per heavy atom. The third-order valence-electron chi connectivity index (χ3n) is 2.65. The number of alkyl halides is 3. The second kappa shape index (κ2) is 3.94. The fourth-order valence-electron chi connectivity index (χ4n) is 1.82. The van der Waals surface area contributed by atoms with E-state index in [-0.39, 0.29) is 18.1 Å². The first-order chi connectivity index (χ1) is 7.91. The maximum atomic E-state index is 12.5. The summed E-state index contributed by atoms with van der Waals surface area (Å²) in [6.07, 6.45) is -4.39. The number of nitrogens with one attached hydrogen (secondary N) is 1. The standard InChI is InChI=1S/C11H11F3N2O/c1-2-16-6-10(17)15-8-5-7(11(12,13)14)3-4-9(8)16/h3-5H,2,6H2,1H3,(H,15,17). The van der Waals surface area contributed by atoms with Gasteiger partial charge in [0.2, 0.25) is 5.91 Å². The highest BCUT2D eigenvalue weighted by Gasteiger charge is 2.32. The largest absolute Gasteiger partial charge is 0.416 e. The zero-order valence-corrected chi connectivity index (χ0v) is 9.14. The van der Waals surface area contributed by atoms with Crippen LogP contribution in [0.25, 0.3) is 0 Å². The van der Waals surface area contributed by atoms with Gasteiger partial charge in [-0.05, 0) is 25.1 Å². The Morgan fingerprint density at radius 2 is 2.12 bits per heavy atom. The van der Waals surface area contributed by atoms with E-state index >= 15 is 0 Å². The lowest BCUT2D eigenvalue weighted by molar-refractivity contribution is -0.137. The molecule has 0 radical (unpaired) electrons. The van der Waals surface area contributed by atoms with Gasteiger partial charge in [-0.3, -0.25) is 4.79 Å². The number of nitrogens with zero attached hydrogens (tertiary/aromatic N) is 1. The molecule has 1 amide bonds. The predicted molar refractivity (Wildman–Crippen MR) is 58.0 cm³/mol. The van der Waals surface area contributed by atoms with Gasteiger partial charge in [-0.2, -0.15) is 13.2 Å². The highest BCUT2D eigenvalue weighted by atomic mass is 19.4. The summed E-state index contributed by atoms with van der Waals surface area (Å²) in [6, 6.07) is 3.38. The molecule has 1 aliphatic heterocycles. The minimum atomic E-state index is -4.39. The van der Waals surface area contributed by atoms with E-state index in [1.807, 2.05) is 6.92 Å². The van der Waals surface area contributed by atoms with Crippen molar-refractivity contribution in [1.29, 1.82) is 0 Å². The molecule has 1 aromatic rings. The number of benzene rings is 1. The molecule has 92 valence electrons. The van der Waals surface area contributed by atoms with Gasteiger partial charge in [-0.25, -0.2) is 0 Å². The fourth-order valence-corrected chi connectivity index (χ4v) is 1.82. The molecular formula is C11H11F3N2O. The summed E-state index contributed by atoms with van der Waals surface area (Å²) in [6.45, 7) is 2.60. The van der Waals surface area contributed by atoms with Gasteiger partial charge in [0.25, 0.3) is 0 Å². The van der Waals surface area contributed by atoms with Gasteiger partial charge in [0.1, 0.15) is 0 Å².